The second-order valence-electron chi connectivity index (χ2n) is 5.20. The molecule has 0 radical (unpaired) electrons. The molecule has 2 aromatic rings. The summed E-state index contributed by atoms with van der Waals surface area (Å²) < 4.78 is 18.4. The van der Waals surface area contributed by atoms with Crippen molar-refractivity contribution in [3.05, 3.63) is 48.0 Å². The number of hydrogen-bond acceptors (Lipinski definition) is 3. The van der Waals surface area contributed by atoms with E-state index in [1.165, 1.54) is 13.2 Å². The highest BCUT2D eigenvalue weighted by molar-refractivity contribution is 5.85. The van der Waals surface area contributed by atoms with Gasteiger partial charge in [0, 0.05) is 18.0 Å². The maximum Gasteiger partial charge on any atom is 0.314 e. The van der Waals surface area contributed by atoms with Crippen molar-refractivity contribution in [2.75, 3.05) is 7.11 Å². The van der Waals surface area contributed by atoms with Crippen LogP contribution in [0.15, 0.2) is 36.7 Å². The van der Waals surface area contributed by atoms with E-state index < -0.39 is 17.2 Å². The fourth-order valence-electron chi connectivity index (χ4n) is 2.45. The number of carbonyl (C=O) groups is 1. The van der Waals surface area contributed by atoms with Gasteiger partial charge >= 0.3 is 5.97 Å². The third kappa shape index (κ3) is 2.24. The summed E-state index contributed by atoms with van der Waals surface area (Å²) in [5.74, 6) is -1.11. The number of benzene rings is 1. The average molecular weight is 287 g/mol. The van der Waals surface area contributed by atoms with Gasteiger partial charge in [0.25, 0.3) is 0 Å². The lowest BCUT2D eigenvalue weighted by Gasteiger charge is -2.12. The first-order valence-electron chi connectivity index (χ1n) is 6.60. The van der Waals surface area contributed by atoms with E-state index in [0.29, 0.717) is 18.4 Å². The monoisotopic (exact) mass is 287 g/mol. The molecule has 21 heavy (non-hydrogen) atoms. The van der Waals surface area contributed by atoms with Gasteiger partial charge in [-0.2, -0.15) is 0 Å². The lowest BCUT2D eigenvalue weighted by atomic mass is 9.95. The number of nitrogens with zero attached hydrogens (tertiary/aromatic N) is 1. The van der Waals surface area contributed by atoms with Crippen LogP contribution in [0.5, 0.6) is 5.75 Å². The van der Waals surface area contributed by atoms with Gasteiger partial charge in [0.2, 0.25) is 0 Å². The molecule has 1 saturated carbocycles. The fraction of sp³-hybridized carbons (Fsp3) is 0.250. The van der Waals surface area contributed by atoms with E-state index in [-0.39, 0.29) is 5.75 Å². The molecule has 0 amide bonds. The van der Waals surface area contributed by atoms with E-state index in [1.807, 2.05) is 0 Å². The molecule has 5 heteroatoms. The third-order valence-electron chi connectivity index (χ3n) is 3.93. The zero-order valence-electron chi connectivity index (χ0n) is 11.5. The number of ether oxygens (including phenoxy) is 1. The van der Waals surface area contributed by atoms with Crippen LogP contribution in [-0.4, -0.2) is 23.2 Å². The van der Waals surface area contributed by atoms with Crippen LogP contribution in [0.25, 0.3) is 11.1 Å². The third-order valence-corrected chi connectivity index (χ3v) is 3.93. The Balaban J connectivity index is 2.03. The highest BCUT2D eigenvalue weighted by Crippen LogP contribution is 2.48. The van der Waals surface area contributed by atoms with Crippen molar-refractivity contribution in [2.45, 2.75) is 18.3 Å². The van der Waals surface area contributed by atoms with Crippen LogP contribution in [0.4, 0.5) is 4.39 Å². The molecule has 3 rings (SSSR count). The minimum absolute atomic E-state index is 0.150. The van der Waals surface area contributed by atoms with E-state index in [4.69, 9.17) is 4.74 Å². The quantitative estimate of drug-likeness (QED) is 0.939. The van der Waals surface area contributed by atoms with E-state index in [2.05, 4.69) is 4.98 Å². The number of aliphatic carboxylic acids is 1. The van der Waals surface area contributed by atoms with E-state index >= 15 is 0 Å². The van der Waals surface area contributed by atoms with Crippen LogP contribution < -0.4 is 4.74 Å². The molecule has 4 nitrogen and oxygen atoms in total. The second-order valence-corrected chi connectivity index (χ2v) is 5.20. The first-order valence-corrected chi connectivity index (χ1v) is 6.60. The Hall–Kier alpha value is -2.43. The van der Waals surface area contributed by atoms with Gasteiger partial charge in [-0.25, -0.2) is 4.39 Å². The van der Waals surface area contributed by atoms with Crippen LogP contribution in [0.2, 0.25) is 0 Å². The minimum Gasteiger partial charge on any atom is -0.494 e. The molecule has 1 aromatic heterocycles. The van der Waals surface area contributed by atoms with Crippen molar-refractivity contribution in [1.82, 2.24) is 4.98 Å². The first kappa shape index (κ1) is 13.5. The summed E-state index contributed by atoms with van der Waals surface area (Å²) in [7, 11) is 1.40. The molecule has 1 aliphatic carbocycles. The minimum atomic E-state index is -0.821. The Kier molecular flexibility index (Phi) is 3.12. The van der Waals surface area contributed by atoms with Gasteiger partial charge in [0.15, 0.2) is 11.6 Å². The lowest BCUT2D eigenvalue weighted by molar-refractivity contribution is -0.140. The van der Waals surface area contributed by atoms with Crippen molar-refractivity contribution < 1.29 is 19.0 Å². The maximum absolute atomic E-state index is 13.5. The summed E-state index contributed by atoms with van der Waals surface area (Å²) in [5, 5.41) is 9.34. The van der Waals surface area contributed by atoms with Gasteiger partial charge < -0.3 is 9.84 Å². The Morgan fingerprint density at radius 1 is 1.29 bits per heavy atom. The van der Waals surface area contributed by atoms with E-state index in [9.17, 15) is 14.3 Å². The molecule has 1 aromatic carbocycles. The highest BCUT2D eigenvalue weighted by Gasteiger charge is 2.52. The smallest absolute Gasteiger partial charge is 0.314 e. The normalized spacial score (nSPS) is 15.5. The largest absolute Gasteiger partial charge is 0.494 e. The molecular weight excluding hydrogens is 273 g/mol. The highest BCUT2D eigenvalue weighted by atomic mass is 19.1. The predicted octanol–water partition coefficient (Wildman–Crippen LogP) is 3.01. The topological polar surface area (TPSA) is 59.4 Å². The van der Waals surface area contributed by atoms with Gasteiger partial charge in [-0.3, -0.25) is 9.78 Å². The van der Waals surface area contributed by atoms with Gasteiger partial charge in [-0.1, -0.05) is 6.07 Å². The van der Waals surface area contributed by atoms with Gasteiger partial charge in [0.05, 0.1) is 12.5 Å². The van der Waals surface area contributed by atoms with Crippen LogP contribution in [-0.2, 0) is 10.2 Å². The molecule has 1 N–H and O–H groups in total. The fourth-order valence-corrected chi connectivity index (χ4v) is 2.45. The Bertz CT molecular complexity index is 710. The number of halogens is 1. The number of aromatic nitrogens is 1. The summed E-state index contributed by atoms with van der Waals surface area (Å²) in [4.78, 5) is 15.5. The van der Waals surface area contributed by atoms with Crippen molar-refractivity contribution >= 4 is 5.97 Å². The zero-order valence-corrected chi connectivity index (χ0v) is 11.5. The lowest BCUT2D eigenvalue weighted by Crippen LogP contribution is -2.19. The molecule has 0 bridgehead atoms. The summed E-state index contributed by atoms with van der Waals surface area (Å²) in [6, 6.07) is 6.33. The second kappa shape index (κ2) is 4.84. The Morgan fingerprint density at radius 3 is 2.67 bits per heavy atom. The van der Waals surface area contributed by atoms with Crippen molar-refractivity contribution in [3.63, 3.8) is 0 Å². The first-order chi connectivity index (χ1) is 10.1. The average Bonchev–Trinajstić information content (AvgIpc) is 3.30. The summed E-state index contributed by atoms with van der Waals surface area (Å²) in [6.07, 6.45) is 4.47. The molecule has 1 aliphatic rings. The van der Waals surface area contributed by atoms with Gasteiger partial charge in [-0.15, -0.1) is 0 Å². The number of carboxylic acid groups (broad SMARTS) is 1. The number of pyridine rings is 1. The van der Waals surface area contributed by atoms with Crippen LogP contribution >= 0.6 is 0 Å². The summed E-state index contributed by atoms with van der Waals surface area (Å²) in [6.45, 7) is 0. The predicted molar refractivity (Wildman–Crippen MR) is 74.7 cm³/mol. The Morgan fingerprint density at radius 2 is 2.05 bits per heavy atom. The standard InChI is InChI=1S/C16H14FNO3/c1-21-14-7-10(2-3-13(14)17)11-6-12(9-18-8-11)16(4-5-16)15(19)20/h2-3,6-9H,4-5H2,1H3,(H,19,20). The number of rotatable bonds is 4. The zero-order chi connectivity index (χ0) is 15.0. The summed E-state index contributed by atoms with van der Waals surface area (Å²) >= 11 is 0. The number of hydrogen-bond donors (Lipinski definition) is 1. The number of methoxy groups -OCH3 is 1. The Labute approximate surface area is 121 Å². The molecule has 0 unspecified atom stereocenters. The summed E-state index contributed by atoms with van der Waals surface area (Å²) in [5.41, 5.74) is 1.38. The van der Waals surface area contributed by atoms with Crippen LogP contribution in [0.3, 0.4) is 0 Å². The molecule has 1 fully saturated rings. The molecule has 0 saturated heterocycles. The molecule has 0 aliphatic heterocycles. The van der Waals surface area contributed by atoms with Crippen molar-refractivity contribution in [1.29, 1.82) is 0 Å². The van der Waals surface area contributed by atoms with Crippen molar-refractivity contribution in [3.8, 4) is 16.9 Å². The van der Waals surface area contributed by atoms with Crippen LogP contribution in [0.1, 0.15) is 18.4 Å². The number of carboxylic acids is 1. The van der Waals surface area contributed by atoms with Crippen molar-refractivity contribution in [2.24, 2.45) is 0 Å². The van der Waals surface area contributed by atoms with E-state index in [0.717, 1.165) is 11.1 Å². The van der Waals surface area contributed by atoms with E-state index in [1.54, 1.807) is 30.6 Å². The van der Waals surface area contributed by atoms with Gasteiger partial charge in [-0.05, 0) is 42.2 Å². The van der Waals surface area contributed by atoms with Crippen LogP contribution in [0, 0.1) is 5.82 Å². The molecule has 0 spiro atoms. The molecule has 1 heterocycles. The SMILES string of the molecule is COc1cc(-c2cncc(C3(C(=O)O)CC3)c2)ccc1F. The van der Waals surface area contributed by atoms with Gasteiger partial charge in [0.1, 0.15) is 0 Å². The molecule has 108 valence electrons. The molecular formula is C16H14FNO3. The maximum atomic E-state index is 13.5. The molecule has 0 atom stereocenters.